The Balaban J connectivity index is 2.09. The minimum absolute atomic E-state index is 0.676. The molecule has 0 spiro atoms. The molecule has 1 heterocycles. The average molecular weight is 338 g/mol. The summed E-state index contributed by atoms with van der Waals surface area (Å²) in [6, 6.07) is 8.48. The van der Waals surface area contributed by atoms with E-state index in [2.05, 4.69) is 61.9 Å². The summed E-state index contributed by atoms with van der Waals surface area (Å²) in [5.74, 6) is 1.99. The molecule has 0 aliphatic carbocycles. The first-order valence-corrected chi connectivity index (χ1v) is 7.88. The fraction of sp³-hybridized carbons (Fsp3) is 0.467. The van der Waals surface area contributed by atoms with Crippen molar-refractivity contribution in [3.8, 4) is 0 Å². The summed E-state index contributed by atoms with van der Waals surface area (Å²) in [5.41, 5.74) is 2.70. The van der Waals surface area contributed by atoms with Crippen LogP contribution in [0.3, 0.4) is 0 Å². The third kappa shape index (κ3) is 3.67. The molecule has 5 heteroatoms. The highest BCUT2D eigenvalue weighted by Gasteiger charge is 2.11. The number of alkyl halides is 1. The van der Waals surface area contributed by atoms with E-state index < -0.39 is 0 Å². The normalized spacial score (nSPS) is 10.9. The first kappa shape index (κ1) is 15.2. The predicted octanol–water partition coefficient (Wildman–Crippen LogP) is 2.91. The van der Waals surface area contributed by atoms with Crippen LogP contribution in [0.15, 0.2) is 24.3 Å². The number of rotatable bonds is 7. The zero-order valence-corrected chi connectivity index (χ0v) is 13.6. The third-order valence-corrected chi connectivity index (χ3v) is 3.92. The van der Waals surface area contributed by atoms with Crippen LogP contribution in [0.5, 0.6) is 0 Å². The van der Waals surface area contributed by atoms with Gasteiger partial charge in [-0.15, -0.1) is 10.2 Å². The van der Waals surface area contributed by atoms with Crippen LogP contribution in [0.4, 0.5) is 0 Å². The fourth-order valence-corrected chi connectivity index (χ4v) is 2.65. The molecule has 0 unspecified atom stereocenters. The quantitative estimate of drug-likeness (QED) is 0.729. The van der Waals surface area contributed by atoms with Crippen LogP contribution < -0.4 is 0 Å². The van der Waals surface area contributed by atoms with Crippen molar-refractivity contribution >= 4 is 15.9 Å². The summed E-state index contributed by atoms with van der Waals surface area (Å²) in [4.78, 5) is 0. The molecule has 2 rings (SSSR count). The van der Waals surface area contributed by atoms with Crippen molar-refractivity contribution in [2.75, 3.05) is 13.7 Å². The van der Waals surface area contributed by atoms with Crippen molar-refractivity contribution in [3.05, 3.63) is 47.0 Å². The van der Waals surface area contributed by atoms with Gasteiger partial charge in [-0.25, -0.2) is 0 Å². The highest BCUT2D eigenvalue weighted by atomic mass is 79.9. The number of benzene rings is 1. The molecule has 0 aliphatic heterocycles. The average Bonchev–Trinajstić information content (AvgIpc) is 2.86. The monoisotopic (exact) mass is 337 g/mol. The van der Waals surface area contributed by atoms with Crippen LogP contribution in [0.2, 0.25) is 0 Å². The van der Waals surface area contributed by atoms with E-state index in [1.165, 1.54) is 11.1 Å². The van der Waals surface area contributed by atoms with Crippen LogP contribution in [0.25, 0.3) is 0 Å². The summed E-state index contributed by atoms with van der Waals surface area (Å²) >= 11 is 3.46. The van der Waals surface area contributed by atoms with E-state index in [-0.39, 0.29) is 0 Å². The highest BCUT2D eigenvalue weighted by molar-refractivity contribution is 9.08. The van der Waals surface area contributed by atoms with E-state index >= 15 is 0 Å². The van der Waals surface area contributed by atoms with Gasteiger partial charge in [0.25, 0.3) is 0 Å². The van der Waals surface area contributed by atoms with Gasteiger partial charge in [-0.2, -0.15) is 0 Å². The molecule has 0 bridgehead atoms. The van der Waals surface area contributed by atoms with Gasteiger partial charge in [-0.3, -0.25) is 0 Å². The lowest BCUT2D eigenvalue weighted by Gasteiger charge is -2.09. The standard InChI is InChI=1S/C15H20BrN3O/c1-12-5-3-4-6-13(12)7-8-14-17-18-15(11-16)19(14)9-10-20-2/h3-6H,7-11H2,1-2H3. The Bertz CT molecular complexity index is 554. The second-order valence-corrected chi connectivity index (χ2v) is 5.30. The smallest absolute Gasteiger partial charge is 0.143 e. The molecule has 0 N–H and O–H groups in total. The lowest BCUT2D eigenvalue weighted by atomic mass is 10.0. The molecular weight excluding hydrogens is 318 g/mol. The molecule has 4 nitrogen and oxygen atoms in total. The maximum atomic E-state index is 5.16. The van der Waals surface area contributed by atoms with Crippen LogP contribution in [-0.4, -0.2) is 28.5 Å². The van der Waals surface area contributed by atoms with E-state index in [1.54, 1.807) is 7.11 Å². The summed E-state index contributed by atoms with van der Waals surface area (Å²) < 4.78 is 7.31. The minimum Gasteiger partial charge on any atom is -0.383 e. The zero-order chi connectivity index (χ0) is 14.4. The third-order valence-electron chi connectivity index (χ3n) is 3.42. The van der Waals surface area contributed by atoms with Gasteiger partial charge < -0.3 is 9.30 Å². The first-order chi connectivity index (χ1) is 9.76. The van der Waals surface area contributed by atoms with Gasteiger partial charge in [-0.1, -0.05) is 40.2 Å². The Kier molecular flexibility index (Phi) is 5.73. The molecule has 1 aromatic carbocycles. The Morgan fingerprint density at radius 2 is 1.90 bits per heavy atom. The SMILES string of the molecule is COCCn1c(CBr)nnc1CCc1ccccc1C. The minimum atomic E-state index is 0.676. The van der Waals surface area contributed by atoms with Crippen LogP contribution in [0, 0.1) is 6.92 Å². The van der Waals surface area contributed by atoms with Crippen molar-refractivity contribution in [2.45, 2.75) is 31.6 Å². The summed E-state index contributed by atoms with van der Waals surface area (Å²) in [7, 11) is 1.71. The van der Waals surface area contributed by atoms with Gasteiger partial charge in [0.15, 0.2) is 0 Å². The maximum absolute atomic E-state index is 5.16. The molecule has 0 atom stereocenters. The van der Waals surface area contributed by atoms with E-state index in [1.807, 2.05) is 0 Å². The highest BCUT2D eigenvalue weighted by Crippen LogP contribution is 2.12. The molecule has 1 aromatic heterocycles. The zero-order valence-electron chi connectivity index (χ0n) is 12.0. The Hall–Kier alpha value is -1.20. The molecule has 2 aromatic rings. The Labute approximate surface area is 128 Å². The first-order valence-electron chi connectivity index (χ1n) is 6.76. The molecule has 0 radical (unpaired) electrons. The number of ether oxygens (including phenoxy) is 1. The molecule has 0 fully saturated rings. The Morgan fingerprint density at radius 1 is 1.15 bits per heavy atom. The number of hydrogen-bond donors (Lipinski definition) is 0. The van der Waals surface area contributed by atoms with Crippen molar-refractivity contribution < 1.29 is 4.74 Å². The topological polar surface area (TPSA) is 39.9 Å². The lowest BCUT2D eigenvalue weighted by Crippen LogP contribution is -2.12. The largest absolute Gasteiger partial charge is 0.383 e. The molecule has 20 heavy (non-hydrogen) atoms. The number of halogens is 1. The summed E-state index contributed by atoms with van der Waals surface area (Å²) in [5, 5.41) is 9.26. The second kappa shape index (κ2) is 7.55. The van der Waals surface area contributed by atoms with E-state index in [0.717, 1.165) is 31.0 Å². The summed E-state index contributed by atoms with van der Waals surface area (Å²) in [6.07, 6.45) is 1.88. The van der Waals surface area contributed by atoms with Gasteiger partial charge in [0.1, 0.15) is 11.6 Å². The van der Waals surface area contributed by atoms with E-state index in [0.29, 0.717) is 11.9 Å². The van der Waals surface area contributed by atoms with Gasteiger partial charge >= 0.3 is 0 Å². The van der Waals surface area contributed by atoms with E-state index in [4.69, 9.17) is 4.74 Å². The molecule has 0 saturated carbocycles. The van der Waals surface area contributed by atoms with Crippen LogP contribution >= 0.6 is 15.9 Å². The fourth-order valence-electron chi connectivity index (χ4n) is 2.23. The number of hydrogen-bond acceptors (Lipinski definition) is 3. The predicted molar refractivity (Wildman–Crippen MR) is 83.1 cm³/mol. The van der Waals surface area contributed by atoms with Crippen molar-refractivity contribution in [1.82, 2.24) is 14.8 Å². The van der Waals surface area contributed by atoms with Crippen LogP contribution in [0.1, 0.15) is 22.8 Å². The van der Waals surface area contributed by atoms with Gasteiger partial charge in [-0.05, 0) is 24.5 Å². The number of aromatic nitrogens is 3. The lowest BCUT2D eigenvalue weighted by molar-refractivity contribution is 0.185. The van der Waals surface area contributed by atoms with Crippen molar-refractivity contribution in [3.63, 3.8) is 0 Å². The van der Waals surface area contributed by atoms with Crippen molar-refractivity contribution in [1.29, 1.82) is 0 Å². The number of methoxy groups -OCH3 is 1. The van der Waals surface area contributed by atoms with Crippen molar-refractivity contribution in [2.24, 2.45) is 0 Å². The molecule has 0 amide bonds. The number of nitrogens with zero attached hydrogens (tertiary/aromatic N) is 3. The molecular formula is C15H20BrN3O. The van der Waals surface area contributed by atoms with E-state index in [9.17, 15) is 0 Å². The molecule has 108 valence electrons. The molecule has 0 aliphatic rings. The van der Waals surface area contributed by atoms with Gasteiger partial charge in [0.2, 0.25) is 0 Å². The van der Waals surface area contributed by atoms with Gasteiger partial charge in [0, 0.05) is 20.1 Å². The molecule has 0 saturated heterocycles. The second-order valence-electron chi connectivity index (χ2n) is 4.74. The number of aryl methyl sites for hydroxylation is 3. The Morgan fingerprint density at radius 3 is 2.60 bits per heavy atom. The van der Waals surface area contributed by atoms with Crippen LogP contribution in [-0.2, 0) is 29.5 Å². The summed E-state index contributed by atoms with van der Waals surface area (Å²) in [6.45, 7) is 3.62. The maximum Gasteiger partial charge on any atom is 0.143 e. The van der Waals surface area contributed by atoms with Gasteiger partial charge in [0.05, 0.1) is 11.9 Å².